The van der Waals surface area contributed by atoms with Crippen LogP contribution in [0.5, 0.6) is 0 Å². The summed E-state index contributed by atoms with van der Waals surface area (Å²) in [6.45, 7) is 0.374. The van der Waals surface area contributed by atoms with Gasteiger partial charge in [0.1, 0.15) is 5.82 Å². The van der Waals surface area contributed by atoms with Crippen LogP contribution in [0.4, 0.5) is 5.82 Å². The van der Waals surface area contributed by atoms with Gasteiger partial charge in [-0.05, 0) is 29.8 Å². The van der Waals surface area contributed by atoms with E-state index >= 15 is 0 Å². The lowest BCUT2D eigenvalue weighted by atomic mass is 10.1. The van der Waals surface area contributed by atoms with Crippen molar-refractivity contribution in [3.05, 3.63) is 59.3 Å². The van der Waals surface area contributed by atoms with Crippen molar-refractivity contribution < 1.29 is 4.79 Å². The average molecular weight is 252 g/mol. The number of amides is 1. The molecule has 0 aliphatic rings. The maximum atomic E-state index is 11.9. The third-order valence-corrected chi connectivity index (χ3v) is 2.62. The smallest absolute Gasteiger partial charge is 0.255 e. The number of nitrogen functional groups attached to an aromatic ring is 1. The van der Waals surface area contributed by atoms with E-state index in [-0.39, 0.29) is 11.7 Å². The molecule has 0 saturated carbocycles. The minimum Gasteiger partial charge on any atom is -0.383 e. The molecule has 0 radical (unpaired) electrons. The number of nitrogens with one attached hydrogen (secondary N) is 1. The molecule has 5 nitrogen and oxygen atoms in total. The molecule has 0 aliphatic carbocycles. The zero-order valence-corrected chi connectivity index (χ0v) is 10.1. The Bertz CT molecular complexity index is 629. The first-order valence-electron chi connectivity index (χ1n) is 5.68. The van der Waals surface area contributed by atoms with E-state index < -0.39 is 0 Å². The topological polar surface area (TPSA) is 91.8 Å². The molecule has 1 aromatic heterocycles. The molecule has 0 saturated heterocycles. The molecule has 94 valence electrons. The van der Waals surface area contributed by atoms with Crippen molar-refractivity contribution in [2.75, 3.05) is 5.73 Å². The summed E-state index contributed by atoms with van der Waals surface area (Å²) in [5, 5.41) is 11.4. The molecule has 1 heterocycles. The Morgan fingerprint density at radius 2 is 2.05 bits per heavy atom. The number of rotatable bonds is 3. The van der Waals surface area contributed by atoms with Crippen molar-refractivity contribution in [3.63, 3.8) is 0 Å². The van der Waals surface area contributed by atoms with E-state index in [2.05, 4.69) is 10.3 Å². The second-order valence-electron chi connectivity index (χ2n) is 3.93. The Hall–Kier alpha value is -2.87. The summed E-state index contributed by atoms with van der Waals surface area (Å²) in [5.41, 5.74) is 7.48. The highest BCUT2D eigenvalue weighted by Crippen LogP contribution is 2.07. The van der Waals surface area contributed by atoms with Crippen LogP contribution < -0.4 is 11.1 Å². The van der Waals surface area contributed by atoms with Crippen molar-refractivity contribution in [2.45, 2.75) is 6.54 Å². The number of pyridine rings is 1. The van der Waals surface area contributed by atoms with Crippen LogP contribution in [0.1, 0.15) is 21.5 Å². The summed E-state index contributed by atoms with van der Waals surface area (Å²) >= 11 is 0. The fourth-order valence-electron chi connectivity index (χ4n) is 1.58. The van der Waals surface area contributed by atoms with Gasteiger partial charge in [-0.15, -0.1) is 0 Å². The molecule has 0 aliphatic heterocycles. The van der Waals surface area contributed by atoms with E-state index in [1.54, 1.807) is 36.4 Å². The highest BCUT2D eigenvalue weighted by Gasteiger charge is 2.09. The standard InChI is InChI=1S/C14H12N4O/c15-8-10-3-5-11(6-4-10)9-18-14(19)12-2-1-7-17-13(12)16/h1-7H,9H2,(H2,16,17)(H,18,19). The second kappa shape index (κ2) is 5.65. The Morgan fingerprint density at radius 3 is 2.68 bits per heavy atom. The van der Waals surface area contributed by atoms with Gasteiger partial charge < -0.3 is 11.1 Å². The molecule has 19 heavy (non-hydrogen) atoms. The van der Waals surface area contributed by atoms with Gasteiger partial charge in [-0.1, -0.05) is 12.1 Å². The number of nitrogens with two attached hydrogens (primary N) is 1. The Morgan fingerprint density at radius 1 is 1.32 bits per heavy atom. The summed E-state index contributed by atoms with van der Waals surface area (Å²) in [6, 6.07) is 12.3. The largest absolute Gasteiger partial charge is 0.383 e. The van der Waals surface area contributed by atoms with E-state index in [9.17, 15) is 4.79 Å². The lowest BCUT2D eigenvalue weighted by Crippen LogP contribution is -2.24. The molecule has 0 spiro atoms. The van der Waals surface area contributed by atoms with Crippen LogP contribution in [0.3, 0.4) is 0 Å². The number of nitrogens with zero attached hydrogens (tertiary/aromatic N) is 2. The first-order chi connectivity index (χ1) is 9.20. The SMILES string of the molecule is N#Cc1ccc(CNC(=O)c2cccnc2N)cc1. The van der Waals surface area contributed by atoms with Crippen LogP contribution in [0, 0.1) is 11.3 Å². The van der Waals surface area contributed by atoms with Crippen LogP contribution in [0.15, 0.2) is 42.6 Å². The highest BCUT2D eigenvalue weighted by molar-refractivity contribution is 5.98. The summed E-state index contributed by atoms with van der Waals surface area (Å²) in [6.07, 6.45) is 1.53. The fourth-order valence-corrected chi connectivity index (χ4v) is 1.58. The van der Waals surface area contributed by atoms with Crippen molar-refractivity contribution in [1.29, 1.82) is 5.26 Å². The number of hydrogen-bond donors (Lipinski definition) is 2. The lowest BCUT2D eigenvalue weighted by molar-refractivity contribution is 0.0951. The lowest BCUT2D eigenvalue weighted by Gasteiger charge is -2.06. The fraction of sp³-hybridized carbons (Fsp3) is 0.0714. The number of hydrogen-bond acceptors (Lipinski definition) is 4. The van der Waals surface area contributed by atoms with Gasteiger partial charge >= 0.3 is 0 Å². The molecular formula is C14H12N4O. The molecule has 2 aromatic rings. The maximum absolute atomic E-state index is 11.9. The molecule has 3 N–H and O–H groups in total. The monoisotopic (exact) mass is 252 g/mol. The Labute approximate surface area is 110 Å². The molecule has 0 fully saturated rings. The van der Waals surface area contributed by atoms with Gasteiger partial charge in [-0.2, -0.15) is 5.26 Å². The molecular weight excluding hydrogens is 240 g/mol. The van der Waals surface area contributed by atoms with Gasteiger partial charge in [0.15, 0.2) is 0 Å². The summed E-state index contributed by atoms with van der Waals surface area (Å²) < 4.78 is 0. The third kappa shape index (κ3) is 3.07. The molecule has 2 rings (SSSR count). The van der Waals surface area contributed by atoms with Gasteiger partial charge in [0.2, 0.25) is 0 Å². The zero-order chi connectivity index (χ0) is 13.7. The van der Waals surface area contributed by atoms with Crippen LogP contribution in [-0.2, 0) is 6.54 Å². The minimum atomic E-state index is -0.269. The molecule has 1 amide bonds. The Balaban J connectivity index is 2.01. The van der Waals surface area contributed by atoms with Crippen LogP contribution >= 0.6 is 0 Å². The van der Waals surface area contributed by atoms with E-state index in [0.717, 1.165) is 5.56 Å². The van der Waals surface area contributed by atoms with E-state index in [4.69, 9.17) is 11.0 Å². The van der Waals surface area contributed by atoms with Gasteiger partial charge in [0.25, 0.3) is 5.91 Å². The zero-order valence-electron chi connectivity index (χ0n) is 10.1. The number of carbonyl (C=O) groups excluding carboxylic acids is 1. The maximum Gasteiger partial charge on any atom is 0.255 e. The van der Waals surface area contributed by atoms with Gasteiger partial charge in [-0.25, -0.2) is 4.98 Å². The van der Waals surface area contributed by atoms with Crippen LogP contribution in [-0.4, -0.2) is 10.9 Å². The van der Waals surface area contributed by atoms with Crippen molar-refractivity contribution in [3.8, 4) is 6.07 Å². The predicted molar refractivity (Wildman–Crippen MR) is 71.0 cm³/mol. The third-order valence-electron chi connectivity index (χ3n) is 2.62. The molecule has 0 bridgehead atoms. The van der Waals surface area contributed by atoms with E-state index in [0.29, 0.717) is 17.7 Å². The first kappa shape index (κ1) is 12.6. The second-order valence-corrected chi connectivity index (χ2v) is 3.93. The van der Waals surface area contributed by atoms with E-state index in [1.165, 1.54) is 6.20 Å². The molecule has 1 aromatic carbocycles. The number of carbonyl (C=O) groups is 1. The predicted octanol–water partition coefficient (Wildman–Crippen LogP) is 1.47. The van der Waals surface area contributed by atoms with Gasteiger partial charge in [0.05, 0.1) is 17.2 Å². The highest BCUT2D eigenvalue weighted by atomic mass is 16.1. The van der Waals surface area contributed by atoms with Crippen LogP contribution in [0.25, 0.3) is 0 Å². The van der Waals surface area contributed by atoms with Crippen molar-refractivity contribution in [1.82, 2.24) is 10.3 Å². The first-order valence-corrected chi connectivity index (χ1v) is 5.68. The number of anilines is 1. The van der Waals surface area contributed by atoms with Crippen molar-refractivity contribution >= 4 is 11.7 Å². The Kier molecular flexibility index (Phi) is 3.74. The quantitative estimate of drug-likeness (QED) is 0.865. The average Bonchev–Trinajstić information content (AvgIpc) is 2.46. The van der Waals surface area contributed by atoms with Crippen molar-refractivity contribution in [2.24, 2.45) is 0 Å². The minimum absolute atomic E-state index is 0.208. The molecule has 0 atom stereocenters. The summed E-state index contributed by atoms with van der Waals surface area (Å²) in [4.78, 5) is 15.7. The number of benzene rings is 1. The normalized spacial score (nSPS) is 9.63. The van der Waals surface area contributed by atoms with Crippen LogP contribution in [0.2, 0.25) is 0 Å². The summed E-state index contributed by atoms with van der Waals surface area (Å²) in [5.74, 6) is -0.0604. The molecule has 5 heteroatoms. The summed E-state index contributed by atoms with van der Waals surface area (Å²) in [7, 11) is 0. The van der Waals surface area contributed by atoms with E-state index in [1.807, 2.05) is 6.07 Å². The number of aromatic nitrogens is 1. The van der Waals surface area contributed by atoms with Gasteiger partial charge in [0, 0.05) is 12.7 Å². The van der Waals surface area contributed by atoms with Gasteiger partial charge in [-0.3, -0.25) is 4.79 Å². The number of nitriles is 1. The molecule has 0 unspecified atom stereocenters.